The van der Waals surface area contributed by atoms with Crippen LogP contribution in [-0.2, 0) is 17.1 Å². The summed E-state index contributed by atoms with van der Waals surface area (Å²) in [6, 6.07) is 9.61. The lowest BCUT2D eigenvalue weighted by atomic mass is 10.0. The normalized spacial score (nSPS) is 12.0. The third-order valence-electron chi connectivity index (χ3n) is 4.46. The maximum Gasteiger partial charge on any atom is 0.416 e. The van der Waals surface area contributed by atoms with Crippen LogP contribution in [0.4, 0.5) is 26.3 Å². The van der Waals surface area contributed by atoms with E-state index in [1.165, 1.54) is 0 Å². The van der Waals surface area contributed by atoms with Gasteiger partial charge in [-0.2, -0.15) is 31.1 Å². The van der Waals surface area contributed by atoms with E-state index in [1.807, 2.05) is 0 Å². The molecule has 0 spiro atoms. The van der Waals surface area contributed by atoms with Crippen molar-refractivity contribution in [1.29, 1.82) is 0 Å². The van der Waals surface area contributed by atoms with Crippen LogP contribution in [-0.4, -0.2) is 13.1 Å². The number of aromatic nitrogens is 1. The predicted octanol–water partition coefficient (Wildman–Crippen LogP) is 5.48. The molecule has 3 aromatic rings. The monoisotopic (exact) mass is 441 g/mol. The van der Waals surface area contributed by atoms with Crippen molar-refractivity contribution in [3.05, 3.63) is 82.6 Å². The summed E-state index contributed by atoms with van der Waals surface area (Å²) in [4.78, 5) is 12.0. The molecule has 0 N–H and O–H groups in total. The Hall–Kier alpha value is -3.56. The van der Waals surface area contributed by atoms with Gasteiger partial charge in [0.05, 0.1) is 23.8 Å². The zero-order chi connectivity index (χ0) is 23.0. The van der Waals surface area contributed by atoms with Crippen molar-refractivity contribution < 1.29 is 40.6 Å². The molecule has 0 atom stereocenters. The van der Waals surface area contributed by atoms with Gasteiger partial charge in [0.1, 0.15) is 0 Å². The van der Waals surface area contributed by atoms with Crippen LogP contribution in [0.25, 0.3) is 22.5 Å². The molecule has 0 radical (unpaired) electrons. The molecule has 0 aliphatic rings. The molecule has 1 aromatic heterocycles. The maximum atomic E-state index is 12.9. The van der Waals surface area contributed by atoms with Crippen LogP contribution in [0.2, 0.25) is 0 Å². The lowest BCUT2D eigenvalue weighted by molar-refractivity contribution is -0.581. The second-order valence-corrected chi connectivity index (χ2v) is 6.45. The topological polar surface area (TPSA) is 53.2 Å². The summed E-state index contributed by atoms with van der Waals surface area (Å²) in [5, 5.41) is 12.9. The fourth-order valence-corrected chi connectivity index (χ4v) is 2.88. The van der Waals surface area contributed by atoms with E-state index in [2.05, 4.69) is 4.74 Å². The minimum absolute atomic E-state index is 0.0712. The molecule has 3 rings (SSSR count). The highest BCUT2D eigenvalue weighted by Gasteiger charge is 2.32. The number of rotatable bonds is 3. The van der Waals surface area contributed by atoms with Gasteiger partial charge in [-0.05, 0) is 48.5 Å². The molecule has 1 heterocycles. The number of pyridine rings is 1. The molecular weight excluding hydrogens is 428 g/mol. The molecule has 0 fully saturated rings. The van der Waals surface area contributed by atoms with Gasteiger partial charge in [0.25, 0.3) is 0 Å². The van der Waals surface area contributed by atoms with E-state index in [4.69, 9.17) is 0 Å². The fourth-order valence-electron chi connectivity index (χ4n) is 2.88. The number of esters is 1. The lowest BCUT2D eigenvalue weighted by Gasteiger charge is -2.13. The second-order valence-electron chi connectivity index (χ2n) is 6.45. The highest BCUT2D eigenvalue weighted by Crippen LogP contribution is 2.33. The van der Waals surface area contributed by atoms with Crippen LogP contribution in [0.15, 0.2) is 60.7 Å². The molecule has 31 heavy (non-hydrogen) atoms. The number of carbonyl (C=O) groups excluding carboxylic acids is 1. The van der Waals surface area contributed by atoms with Gasteiger partial charge in [-0.3, -0.25) is 0 Å². The first-order valence-corrected chi connectivity index (χ1v) is 8.63. The Labute approximate surface area is 171 Å². The summed E-state index contributed by atoms with van der Waals surface area (Å²) in [5.74, 6) is -0.832. The smallest absolute Gasteiger partial charge is 0.416 e. The van der Waals surface area contributed by atoms with E-state index in [-0.39, 0.29) is 28.1 Å². The predicted molar refractivity (Wildman–Crippen MR) is 97.6 cm³/mol. The van der Waals surface area contributed by atoms with Crippen LogP contribution in [0.5, 0.6) is 0 Å². The number of hydrogen-bond acceptors (Lipinski definition) is 3. The number of methoxy groups -OCH3 is 1. The van der Waals surface area contributed by atoms with Gasteiger partial charge >= 0.3 is 18.3 Å². The van der Waals surface area contributed by atoms with Gasteiger partial charge in [-0.1, -0.05) is 0 Å². The van der Waals surface area contributed by atoms with Crippen LogP contribution in [0.3, 0.4) is 0 Å². The number of hydrogen-bond donors (Lipinski definition) is 0. The summed E-state index contributed by atoms with van der Waals surface area (Å²) < 4.78 is 81.8. The van der Waals surface area contributed by atoms with Crippen molar-refractivity contribution in [2.75, 3.05) is 7.11 Å². The average molecular weight is 441 g/mol. The number of carbonyl (C=O) groups is 1. The minimum atomic E-state index is -4.58. The highest BCUT2D eigenvalue weighted by molar-refractivity contribution is 5.91. The summed E-state index contributed by atoms with van der Waals surface area (Å²) in [6.07, 6.45) is -9.16. The van der Waals surface area contributed by atoms with Gasteiger partial charge in [-0.15, -0.1) is 0 Å². The fraction of sp³-hybridized carbons (Fsp3) is 0.143. The van der Waals surface area contributed by atoms with E-state index in [0.29, 0.717) is 4.73 Å². The Morgan fingerprint density at radius 2 is 1.13 bits per heavy atom. The number of nitrogens with zero attached hydrogens (tertiary/aromatic N) is 1. The van der Waals surface area contributed by atoms with Crippen molar-refractivity contribution in [2.45, 2.75) is 12.4 Å². The van der Waals surface area contributed by atoms with Crippen molar-refractivity contribution >= 4 is 5.97 Å². The van der Waals surface area contributed by atoms with Crippen LogP contribution in [0.1, 0.15) is 21.5 Å². The molecule has 2 aromatic carbocycles. The number of alkyl halides is 6. The van der Waals surface area contributed by atoms with E-state index in [0.717, 1.165) is 67.8 Å². The van der Waals surface area contributed by atoms with Gasteiger partial charge in [0.2, 0.25) is 11.4 Å². The molecule has 0 aliphatic carbocycles. The second kappa shape index (κ2) is 7.93. The largest absolute Gasteiger partial charge is 0.618 e. The summed E-state index contributed by atoms with van der Waals surface area (Å²) in [5.41, 5.74) is -2.16. The van der Waals surface area contributed by atoms with Crippen molar-refractivity contribution in [3.63, 3.8) is 0 Å². The molecule has 162 valence electrons. The first-order valence-electron chi connectivity index (χ1n) is 8.63. The van der Waals surface area contributed by atoms with Crippen LogP contribution < -0.4 is 4.73 Å². The molecule has 0 aliphatic heterocycles. The quantitative estimate of drug-likeness (QED) is 0.234. The van der Waals surface area contributed by atoms with Gasteiger partial charge in [-0.25, -0.2) is 4.79 Å². The molecule has 0 unspecified atom stereocenters. The Morgan fingerprint density at radius 1 is 0.774 bits per heavy atom. The zero-order valence-corrected chi connectivity index (χ0v) is 15.7. The Balaban J connectivity index is 2.16. The molecule has 0 saturated carbocycles. The first-order chi connectivity index (χ1) is 14.4. The van der Waals surface area contributed by atoms with Gasteiger partial charge in [0.15, 0.2) is 0 Å². The zero-order valence-electron chi connectivity index (χ0n) is 15.7. The van der Waals surface area contributed by atoms with Gasteiger partial charge < -0.3 is 9.94 Å². The Kier molecular flexibility index (Phi) is 5.66. The molecule has 10 heteroatoms. The standard InChI is InChI=1S/C21H13F6NO3/c1-31-19(29)14-10-17(12-2-6-15(7-3-12)20(22,23)24)28(30)18(11-14)13-4-8-16(9-5-13)21(25,26)27/h2-11H,1H3. The average Bonchev–Trinajstić information content (AvgIpc) is 2.72. The molecular formula is C21H13F6NO3. The lowest BCUT2D eigenvalue weighted by Crippen LogP contribution is -2.33. The Bertz CT molecular complexity index is 1030. The summed E-state index contributed by atoms with van der Waals surface area (Å²) in [6.45, 7) is 0. The van der Waals surface area contributed by atoms with Crippen molar-refractivity contribution in [1.82, 2.24) is 0 Å². The van der Waals surface area contributed by atoms with Crippen LogP contribution in [0, 0.1) is 5.21 Å². The molecule has 0 saturated heterocycles. The van der Waals surface area contributed by atoms with Crippen LogP contribution >= 0.6 is 0 Å². The number of ether oxygens (including phenoxy) is 1. The first kappa shape index (κ1) is 22.1. The van der Waals surface area contributed by atoms with E-state index < -0.39 is 29.4 Å². The summed E-state index contributed by atoms with van der Waals surface area (Å²) in [7, 11) is 1.09. The Morgan fingerprint density at radius 3 is 1.42 bits per heavy atom. The molecule has 4 nitrogen and oxygen atoms in total. The van der Waals surface area contributed by atoms with E-state index >= 15 is 0 Å². The molecule has 0 bridgehead atoms. The third-order valence-corrected chi connectivity index (χ3v) is 4.46. The number of halogens is 6. The van der Waals surface area contributed by atoms with Crippen molar-refractivity contribution in [2.24, 2.45) is 0 Å². The SMILES string of the molecule is COC(=O)c1cc(-c2ccc(C(F)(F)F)cc2)[n+]([O-])c(-c2ccc(C(F)(F)F)cc2)c1. The molecule has 0 amide bonds. The van der Waals surface area contributed by atoms with Crippen molar-refractivity contribution in [3.8, 4) is 22.5 Å². The maximum absolute atomic E-state index is 12.9. The van der Waals surface area contributed by atoms with E-state index in [9.17, 15) is 36.3 Å². The third kappa shape index (κ3) is 4.62. The highest BCUT2D eigenvalue weighted by atomic mass is 19.4. The minimum Gasteiger partial charge on any atom is -0.618 e. The number of benzene rings is 2. The van der Waals surface area contributed by atoms with Gasteiger partial charge in [0, 0.05) is 23.3 Å². The van der Waals surface area contributed by atoms with E-state index in [1.54, 1.807) is 0 Å². The summed E-state index contributed by atoms with van der Waals surface area (Å²) >= 11 is 0.